The molecule has 0 bridgehead atoms. The molecule has 1 aromatic rings. The molecular formula is C14H26N4O. The van der Waals surface area contributed by atoms with Crippen molar-refractivity contribution in [2.24, 2.45) is 0 Å². The Kier molecular flexibility index (Phi) is 6.39. The van der Waals surface area contributed by atoms with Crippen molar-refractivity contribution in [3.8, 4) is 5.75 Å². The van der Waals surface area contributed by atoms with Gasteiger partial charge in [-0.05, 0) is 19.8 Å². The molecule has 0 aliphatic heterocycles. The van der Waals surface area contributed by atoms with Gasteiger partial charge >= 0.3 is 0 Å². The van der Waals surface area contributed by atoms with Crippen molar-refractivity contribution < 1.29 is 4.74 Å². The smallest absolute Gasteiger partial charge is 0.204 e. The van der Waals surface area contributed by atoms with Crippen LogP contribution in [0.1, 0.15) is 40.0 Å². The summed E-state index contributed by atoms with van der Waals surface area (Å²) in [6.07, 6.45) is 4.91. The lowest BCUT2D eigenvalue weighted by molar-refractivity contribution is 0.411. The molecule has 1 rings (SSSR count). The summed E-state index contributed by atoms with van der Waals surface area (Å²) in [5.41, 5.74) is 0. The molecule has 1 atom stereocenters. The Bertz CT molecular complexity index is 384. The summed E-state index contributed by atoms with van der Waals surface area (Å²) >= 11 is 0. The van der Waals surface area contributed by atoms with E-state index in [1.165, 1.54) is 0 Å². The van der Waals surface area contributed by atoms with Crippen LogP contribution in [0.5, 0.6) is 5.75 Å². The van der Waals surface area contributed by atoms with Crippen LogP contribution in [0.4, 0.5) is 11.6 Å². The van der Waals surface area contributed by atoms with Gasteiger partial charge in [-0.3, -0.25) is 0 Å². The van der Waals surface area contributed by atoms with Crippen molar-refractivity contribution in [2.75, 3.05) is 30.9 Å². The number of rotatable bonds is 8. The van der Waals surface area contributed by atoms with Gasteiger partial charge in [0, 0.05) is 19.6 Å². The van der Waals surface area contributed by atoms with E-state index in [0.717, 1.165) is 43.2 Å². The summed E-state index contributed by atoms with van der Waals surface area (Å²) in [6, 6.07) is 0.424. The summed E-state index contributed by atoms with van der Waals surface area (Å²) in [4.78, 5) is 10.8. The molecule has 108 valence electrons. The van der Waals surface area contributed by atoms with Crippen LogP contribution >= 0.6 is 0 Å². The van der Waals surface area contributed by atoms with E-state index in [1.54, 1.807) is 13.4 Å². The summed E-state index contributed by atoms with van der Waals surface area (Å²) in [5, 5.41) is 3.28. The largest absolute Gasteiger partial charge is 0.490 e. The van der Waals surface area contributed by atoms with Crippen LogP contribution in [0.3, 0.4) is 0 Å². The topological polar surface area (TPSA) is 50.3 Å². The van der Waals surface area contributed by atoms with Gasteiger partial charge in [-0.2, -0.15) is 0 Å². The second-order valence-corrected chi connectivity index (χ2v) is 4.75. The monoisotopic (exact) mass is 266 g/mol. The molecule has 0 saturated carbocycles. The third kappa shape index (κ3) is 3.98. The Morgan fingerprint density at radius 2 is 2.05 bits per heavy atom. The highest BCUT2D eigenvalue weighted by Gasteiger charge is 2.18. The molecule has 5 heteroatoms. The first-order valence-electron chi connectivity index (χ1n) is 7.01. The van der Waals surface area contributed by atoms with Crippen molar-refractivity contribution in [1.82, 2.24) is 9.97 Å². The molecule has 1 unspecified atom stereocenters. The average molecular weight is 266 g/mol. The molecule has 0 aliphatic rings. The normalized spacial score (nSPS) is 12.1. The van der Waals surface area contributed by atoms with Crippen LogP contribution in [0.25, 0.3) is 0 Å². The zero-order chi connectivity index (χ0) is 14.3. The minimum atomic E-state index is 0.424. The van der Waals surface area contributed by atoms with Gasteiger partial charge in [0.2, 0.25) is 5.75 Å². The fraction of sp³-hybridized carbons (Fsp3) is 0.714. The highest BCUT2D eigenvalue weighted by molar-refractivity contribution is 5.64. The molecule has 0 aromatic carbocycles. The summed E-state index contributed by atoms with van der Waals surface area (Å²) < 4.78 is 5.49. The van der Waals surface area contributed by atoms with Crippen molar-refractivity contribution in [2.45, 2.75) is 46.1 Å². The minimum Gasteiger partial charge on any atom is -0.490 e. The van der Waals surface area contributed by atoms with E-state index in [2.05, 4.69) is 48.0 Å². The zero-order valence-corrected chi connectivity index (χ0v) is 12.7. The van der Waals surface area contributed by atoms with E-state index in [0.29, 0.717) is 6.04 Å². The van der Waals surface area contributed by atoms with Crippen LogP contribution in [0, 0.1) is 0 Å². The van der Waals surface area contributed by atoms with E-state index in [-0.39, 0.29) is 0 Å². The van der Waals surface area contributed by atoms with Crippen LogP contribution in [0.15, 0.2) is 6.33 Å². The maximum atomic E-state index is 5.49. The zero-order valence-electron chi connectivity index (χ0n) is 12.7. The maximum absolute atomic E-state index is 5.49. The second kappa shape index (κ2) is 7.81. The van der Waals surface area contributed by atoms with Crippen LogP contribution in [-0.4, -0.2) is 36.7 Å². The summed E-state index contributed by atoms with van der Waals surface area (Å²) in [7, 11) is 3.71. The fourth-order valence-corrected chi connectivity index (χ4v) is 1.99. The van der Waals surface area contributed by atoms with Gasteiger partial charge in [0.15, 0.2) is 11.6 Å². The van der Waals surface area contributed by atoms with Crippen molar-refractivity contribution in [3.63, 3.8) is 0 Å². The predicted molar refractivity (Wildman–Crippen MR) is 80.1 cm³/mol. The predicted octanol–water partition coefficient (Wildman–Crippen LogP) is 2.93. The van der Waals surface area contributed by atoms with Crippen LogP contribution in [-0.2, 0) is 0 Å². The standard InChI is InChI=1S/C14H26N4O/c1-6-8-11(3)18(4)14-12(19-5)13(15-9-7-2)16-10-17-14/h10-11H,6-9H2,1-5H3,(H,15,16,17). The third-order valence-electron chi connectivity index (χ3n) is 3.23. The third-order valence-corrected chi connectivity index (χ3v) is 3.23. The van der Waals surface area contributed by atoms with E-state index >= 15 is 0 Å². The Morgan fingerprint density at radius 1 is 1.32 bits per heavy atom. The molecule has 19 heavy (non-hydrogen) atoms. The molecule has 0 spiro atoms. The number of hydrogen-bond donors (Lipinski definition) is 1. The molecule has 1 heterocycles. The lowest BCUT2D eigenvalue weighted by Crippen LogP contribution is -2.30. The van der Waals surface area contributed by atoms with Crippen molar-refractivity contribution in [3.05, 3.63) is 6.33 Å². The SMILES string of the molecule is CCCNc1ncnc(N(C)C(C)CCC)c1OC. The minimum absolute atomic E-state index is 0.424. The van der Waals surface area contributed by atoms with E-state index in [1.807, 2.05) is 0 Å². The number of methoxy groups -OCH3 is 1. The van der Waals surface area contributed by atoms with Crippen LogP contribution in [0.2, 0.25) is 0 Å². The number of anilines is 2. The van der Waals surface area contributed by atoms with Crippen molar-refractivity contribution >= 4 is 11.6 Å². The van der Waals surface area contributed by atoms with Gasteiger partial charge in [0.1, 0.15) is 6.33 Å². The Morgan fingerprint density at radius 3 is 2.63 bits per heavy atom. The van der Waals surface area contributed by atoms with E-state index < -0.39 is 0 Å². The molecule has 0 radical (unpaired) electrons. The number of aromatic nitrogens is 2. The van der Waals surface area contributed by atoms with Gasteiger partial charge in [-0.15, -0.1) is 0 Å². The lowest BCUT2D eigenvalue weighted by Gasteiger charge is -2.27. The number of nitrogens with zero attached hydrogens (tertiary/aromatic N) is 3. The molecule has 0 aliphatic carbocycles. The molecule has 0 fully saturated rings. The van der Waals surface area contributed by atoms with Gasteiger partial charge < -0.3 is 15.0 Å². The highest BCUT2D eigenvalue weighted by atomic mass is 16.5. The molecular weight excluding hydrogens is 240 g/mol. The lowest BCUT2D eigenvalue weighted by atomic mass is 10.2. The number of hydrogen-bond acceptors (Lipinski definition) is 5. The second-order valence-electron chi connectivity index (χ2n) is 4.75. The molecule has 5 nitrogen and oxygen atoms in total. The molecule has 1 N–H and O–H groups in total. The number of ether oxygens (including phenoxy) is 1. The quantitative estimate of drug-likeness (QED) is 0.784. The van der Waals surface area contributed by atoms with E-state index in [9.17, 15) is 0 Å². The highest BCUT2D eigenvalue weighted by Crippen LogP contribution is 2.32. The fourth-order valence-electron chi connectivity index (χ4n) is 1.99. The first kappa shape index (κ1) is 15.5. The summed E-state index contributed by atoms with van der Waals surface area (Å²) in [5.74, 6) is 2.34. The van der Waals surface area contributed by atoms with Gasteiger partial charge in [-0.25, -0.2) is 9.97 Å². The molecule has 0 amide bonds. The van der Waals surface area contributed by atoms with Crippen molar-refractivity contribution in [1.29, 1.82) is 0 Å². The first-order valence-corrected chi connectivity index (χ1v) is 7.01. The molecule has 0 saturated heterocycles. The Balaban J connectivity index is 2.99. The number of nitrogens with one attached hydrogen (secondary N) is 1. The molecule has 1 aromatic heterocycles. The first-order chi connectivity index (χ1) is 9.15. The van der Waals surface area contributed by atoms with Crippen LogP contribution < -0.4 is 15.0 Å². The maximum Gasteiger partial charge on any atom is 0.204 e. The average Bonchev–Trinajstić information content (AvgIpc) is 2.43. The van der Waals surface area contributed by atoms with E-state index in [4.69, 9.17) is 4.74 Å². The Labute approximate surface area is 116 Å². The van der Waals surface area contributed by atoms with Gasteiger partial charge in [-0.1, -0.05) is 20.3 Å². The summed E-state index contributed by atoms with van der Waals surface area (Å²) in [6.45, 7) is 7.39. The Hall–Kier alpha value is -1.52. The van der Waals surface area contributed by atoms with Gasteiger partial charge in [0.05, 0.1) is 7.11 Å². The van der Waals surface area contributed by atoms with Gasteiger partial charge in [0.25, 0.3) is 0 Å².